The molecule has 0 aliphatic heterocycles. The van der Waals surface area contributed by atoms with Crippen molar-refractivity contribution in [3.63, 3.8) is 0 Å². The highest BCUT2D eigenvalue weighted by atomic mass is 35.5. The monoisotopic (exact) mass is 417 g/mol. The van der Waals surface area contributed by atoms with Gasteiger partial charge in [-0.2, -0.15) is 0 Å². The molecule has 2 N–H and O–H groups in total. The molecular weight excluding hydrogens is 405 g/mol. The molecule has 0 amide bonds. The Hall–Kier alpha value is -1.29. The van der Waals surface area contributed by atoms with Crippen molar-refractivity contribution < 1.29 is 17.9 Å². The van der Waals surface area contributed by atoms with Crippen molar-refractivity contribution in [2.24, 2.45) is 0 Å². The summed E-state index contributed by atoms with van der Waals surface area (Å²) in [6, 6.07) is 10.5. The average Bonchev–Trinajstić information content (AvgIpc) is 3.26. The van der Waals surface area contributed by atoms with Gasteiger partial charge in [0.05, 0.1) is 9.92 Å². The highest BCUT2D eigenvalue weighted by Gasteiger charge is 2.18. The number of aliphatic hydroxyl groups excluding tert-OH is 1. The zero-order chi connectivity index (χ0) is 18.0. The highest BCUT2D eigenvalue weighted by molar-refractivity contribution is 7.89. The van der Waals surface area contributed by atoms with Gasteiger partial charge in [-0.15, -0.1) is 22.7 Å². The molecular formula is C16H13ClFNO3S3. The van der Waals surface area contributed by atoms with Crippen LogP contribution in [0.1, 0.15) is 20.7 Å². The van der Waals surface area contributed by atoms with E-state index >= 15 is 0 Å². The Morgan fingerprint density at radius 2 is 2.00 bits per heavy atom. The lowest BCUT2D eigenvalue weighted by Crippen LogP contribution is -2.22. The van der Waals surface area contributed by atoms with Gasteiger partial charge in [0.1, 0.15) is 11.9 Å². The maximum absolute atomic E-state index is 13.2. The standard InChI is InChI=1S/C16H13ClFNO3S3/c17-12-8-11(4-5-13(12)18)25(21,22)19-9-10-3-6-15(24-10)16(20)14-2-1-7-23-14/h1-8,16,19-20H,9H2. The number of hydrogen-bond acceptors (Lipinski definition) is 5. The molecule has 0 saturated carbocycles. The van der Waals surface area contributed by atoms with Crippen LogP contribution in [0.15, 0.2) is 52.7 Å². The fourth-order valence-corrected chi connectivity index (χ4v) is 5.25. The van der Waals surface area contributed by atoms with E-state index in [2.05, 4.69) is 4.72 Å². The molecule has 9 heteroatoms. The first-order valence-electron chi connectivity index (χ1n) is 7.11. The fourth-order valence-electron chi connectivity index (χ4n) is 2.12. The summed E-state index contributed by atoms with van der Waals surface area (Å²) in [5, 5.41) is 11.9. The zero-order valence-corrected chi connectivity index (χ0v) is 15.9. The Labute approximate surface area is 157 Å². The van der Waals surface area contributed by atoms with Crippen molar-refractivity contribution in [1.29, 1.82) is 0 Å². The number of thiophene rings is 2. The van der Waals surface area contributed by atoms with Crippen molar-refractivity contribution in [2.75, 3.05) is 0 Å². The van der Waals surface area contributed by atoms with E-state index in [4.69, 9.17) is 11.6 Å². The minimum absolute atomic E-state index is 0.0686. The van der Waals surface area contributed by atoms with Gasteiger partial charge in [0, 0.05) is 21.2 Å². The first-order chi connectivity index (χ1) is 11.9. The second-order valence-corrected chi connectivity index (χ2v) is 9.48. The number of sulfonamides is 1. The van der Waals surface area contributed by atoms with Crippen molar-refractivity contribution in [3.8, 4) is 0 Å². The van der Waals surface area contributed by atoms with Crippen LogP contribution in [-0.2, 0) is 16.6 Å². The Morgan fingerprint density at radius 3 is 2.68 bits per heavy atom. The van der Waals surface area contributed by atoms with Gasteiger partial charge in [-0.3, -0.25) is 0 Å². The van der Waals surface area contributed by atoms with E-state index in [0.29, 0.717) is 0 Å². The number of aliphatic hydroxyl groups is 1. The molecule has 1 aromatic carbocycles. The van der Waals surface area contributed by atoms with E-state index in [9.17, 15) is 17.9 Å². The van der Waals surface area contributed by atoms with Gasteiger partial charge in [0.15, 0.2) is 0 Å². The Kier molecular flexibility index (Phi) is 5.57. The predicted octanol–water partition coefficient (Wildman–Crippen LogP) is 4.16. The fraction of sp³-hybridized carbons (Fsp3) is 0.125. The topological polar surface area (TPSA) is 66.4 Å². The van der Waals surface area contributed by atoms with Crippen LogP contribution in [0.3, 0.4) is 0 Å². The second-order valence-electron chi connectivity index (χ2n) is 5.12. The molecule has 0 aliphatic rings. The lowest BCUT2D eigenvalue weighted by molar-refractivity contribution is 0.228. The third kappa shape index (κ3) is 4.28. The van der Waals surface area contributed by atoms with Crippen LogP contribution < -0.4 is 4.72 Å². The number of hydrogen-bond donors (Lipinski definition) is 2. The van der Waals surface area contributed by atoms with Gasteiger partial charge >= 0.3 is 0 Å². The average molecular weight is 418 g/mol. The molecule has 0 aliphatic carbocycles. The predicted molar refractivity (Wildman–Crippen MR) is 98.1 cm³/mol. The Balaban J connectivity index is 1.70. The molecule has 1 atom stereocenters. The van der Waals surface area contributed by atoms with Crippen LogP contribution in [0.4, 0.5) is 4.39 Å². The molecule has 0 fully saturated rings. The van der Waals surface area contributed by atoms with Crippen LogP contribution in [0.5, 0.6) is 0 Å². The summed E-state index contributed by atoms with van der Waals surface area (Å²) in [4.78, 5) is 2.22. The van der Waals surface area contributed by atoms with Crippen molar-refractivity contribution in [2.45, 2.75) is 17.5 Å². The molecule has 25 heavy (non-hydrogen) atoms. The molecule has 132 valence electrons. The molecule has 0 saturated heterocycles. The summed E-state index contributed by atoms with van der Waals surface area (Å²) in [5.74, 6) is -0.675. The first kappa shape index (κ1) is 18.5. The lowest BCUT2D eigenvalue weighted by Gasteiger charge is -2.07. The van der Waals surface area contributed by atoms with E-state index < -0.39 is 21.9 Å². The summed E-state index contributed by atoms with van der Waals surface area (Å²) < 4.78 is 40.1. The summed E-state index contributed by atoms with van der Waals surface area (Å²) in [6.07, 6.45) is -0.716. The molecule has 2 heterocycles. The molecule has 4 nitrogen and oxygen atoms in total. The van der Waals surface area contributed by atoms with Gasteiger partial charge in [0.25, 0.3) is 0 Å². The highest BCUT2D eigenvalue weighted by Crippen LogP contribution is 2.31. The SMILES string of the molecule is O=S(=O)(NCc1ccc(C(O)c2cccs2)s1)c1ccc(F)c(Cl)c1. The molecule has 3 aromatic rings. The van der Waals surface area contributed by atoms with Gasteiger partial charge < -0.3 is 5.11 Å². The minimum atomic E-state index is -3.81. The van der Waals surface area contributed by atoms with Crippen molar-refractivity contribution in [3.05, 3.63) is 73.3 Å². The Morgan fingerprint density at radius 1 is 1.20 bits per heavy atom. The molecule has 0 bridgehead atoms. The lowest BCUT2D eigenvalue weighted by atomic mass is 10.2. The summed E-state index contributed by atoms with van der Waals surface area (Å²) >= 11 is 8.41. The number of nitrogens with one attached hydrogen (secondary N) is 1. The Bertz CT molecular complexity index is 970. The van der Waals surface area contributed by atoms with Gasteiger partial charge in [-0.1, -0.05) is 17.7 Å². The van der Waals surface area contributed by atoms with E-state index in [1.165, 1.54) is 22.7 Å². The van der Waals surface area contributed by atoms with Crippen LogP contribution in [0.2, 0.25) is 5.02 Å². The van der Waals surface area contributed by atoms with E-state index in [1.54, 1.807) is 12.1 Å². The van der Waals surface area contributed by atoms with Crippen LogP contribution in [0, 0.1) is 5.82 Å². The molecule has 3 rings (SSSR count). The normalized spacial score (nSPS) is 13.1. The second kappa shape index (κ2) is 7.53. The number of rotatable bonds is 6. The van der Waals surface area contributed by atoms with Crippen LogP contribution in [-0.4, -0.2) is 13.5 Å². The smallest absolute Gasteiger partial charge is 0.240 e. The van der Waals surface area contributed by atoms with Gasteiger partial charge in [-0.05, 0) is 41.8 Å². The van der Waals surface area contributed by atoms with Gasteiger partial charge in [0.2, 0.25) is 10.0 Å². The van der Waals surface area contributed by atoms with E-state index in [1.807, 2.05) is 17.5 Å². The third-order valence-corrected chi connectivity index (χ3v) is 7.15. The maximum Gasteiger partial charge on any atom is 0.240 e. The van der Waals surface area contributed by atoms with Crippen LogP contribution >= 0.6 is 34.3 Å². The van der Waals surface area contributed by atoms with Crippen molar-refractivity contribution >= 4 is 44.3 Å². The first-order valence-corrected chi connectivity index (χ1v) is 10.7. The summed E-state index contributed by atoms with van der Waals surface area (Å²) in [6.45, 7) is 0.0686. The zero-order valence-electron chi connectivity index (χ0n) is 12.6. The number of benzene rings is 1. The molecule has 2 aromatic heterocycles. The minimum Gasteiger partial charge on any atom is -0.382 e. The molecule has 0 radical (unpaired) electrons. The summed E-state index contributed by atoms with van der Waals surface area (Å²) in [5.41, 5.74) is 0. The largest absolute Gasteiger partial charge is 0.382 e. The summed E-state index contributed by atoms with van der Waals surface area (Å²) in [7, 11) is -3.81. The van der Waals surface area contributed by atoms with Crippen LogP contribution in [0.25, 0.3) is 0 Å². The van der Waals surface area contributed by atoms with Gasteiger partial charge in [-0.25, -0.2) is 17.5 Å². The maximum atomic E-state index is 13.2. The van der Waals surface area contributed by atoms with E-state index in [-0.39, 0.29) is 16.5 Å². The third-order valence-electron chi connectivity index (χ3n) is 3.40. The molecule has 0 spiro atoms. The van der Waals surface area contributed by atoms with E-state index in [0.717, 1.165) is 32.8 Å². The number of halogens is 2. The van der Waals surface area contributed by atoms with Crippen molar-refractivity contribution in [1.82, 2.24) is 4.72 Å². The quantitative estimate of drug-likeness (QED) is 0.632. The molecule has 1 unspecified atom stereocenters.